The minimum absolute atomic E-state index is 0.530. The van der Waals surface area contributed by atoms with Crippen molar-refractivity contribution < 1.29 is 16.6 Å². The second kappa shape index (κ2) is 6.79. The first kappa shape index (κ1) is 16.6. The Morgan fingerprint density at radius 1 is 0.520 bits per heavy atom. The number of allylic oxidation sites excluding steroid dienone is 8. The molecular formula is C24H24Ti. The van der Waals surface area contributed by atoms with E-state index in [-0.39, 0.29) is 0 Å². The van der Waals surface area contributed by atoms with Gasteiger partial charge < -0.3 is 0 Å². The van der Waals surface area contributed by atoms with Crippen LogP contribution in [0.1, 0.15) is 11.1 Å². The molecule has 0 radical (unpaired) electrons. The number of hydrogen-bond donors (Lipinski definition) is 0. The molecule has 0 unspecified atom stereocenters. The Morgan fingerprint density at radius 2 is 0.840 bits per heavy atom. The fraction of sp³-hybridized carbons (Fsp3) is 0.167. The Hall–Kier alpha value is -1.89. The van der Waals surface area contributed by atoms with Gasteiger partial charge in [0.2, 0.25) is 0 Å². The van der Waals surface area contributed by atoms with E-state index in [1.54, 1.807) is 7.74 Å². The quantitative estimate of drug-likeness (QED) is 0.655. The van der Waals surface area contributed by atoms with Gasteiger partial charge in [0.15, 0.2) is 0 Å². The van der Waals surface area contributed by atoms with Crippen LogP contribution in [-0.2, 0) is 16.6 Å². The van der Waals surface area contributed by atoms with Crippen molar-refractivity contribution in [1.82, 2.24) is 0 Å². The topological polar surface area (TPSA) is 0 Å². The summed E-state index contributed by atoms with van der Waals surface area (Å²) in [4.78, 5) is 0. The molecule has 0 nitrogen and oxygen atoms in total. The molecule has 25 heavy (non-hydrogen) atoms. The normalized spacial score (nSPS) is 17.0. The SMILES string of the molecule is Cc1cc[c]([Ti]([c]2ccc(C)cc2)([CH]2C=CC=C2)[CH]2C=CC=C2)cc1. The summed E-state index contributed by atoms with van der Waals surface area (Å²) in [7, 11) is 0. The van der Waals surface area contributed by atoms with E-state index in [0.29, 0.717) is 8.45 Å². The predicted molar refractivity (Wildman–Crippen MR) is 106 cm³/mol. The van der Waals surface area contributed by atoms with E-state index in [4.69, 9.17) is 0 Å². The molecular weight excluding hydrogens is 336 g/mol. The van der Waals surface area contributed by atoms with Crippen molar-refractivity contribution in [2.45, 2.75) is 22.3 Å². The van der Waals surface area contributed by atoms with Gasteiger partial charge in [-0.15, -0.1) is 0 Å². The molecule has 0 saturated carbocycles. The molecule has 0 saturated heterocycles. The van der Waals surface area contributed by atoms with E-state index in [2.05, 4.69) is 111 Å². The van der Waals surface area contributed by atoms with Gasteiger partial charge in [0.05, 0.1) is 0 Å². The molecule has 0 fully saturated rings. The number of hydrogen-bond acceptors (Lipinski definition) is 0. The molecule has 0 aromatic heterocycles. The molecule has 1 heteroatoms. The molecule has 2 aliphatic carbocycles. The predicted octanol–water partition coefficient (Wildman–Crippen LogP) is 5.24. The van der Waals surface area contributed by atoms with E-state index in [9.17, 15) is 0 Å². The van der Waals surface area contributed by atoms with Crippen molar-refractivity contribution in [3.8, 4) is 0 Å². The summed E-state index contributed by atoms with van der Waals surface area (Å²) < 4.78 is 4.19. The zero-order chi connectivity index (χ0) is 17.3. The van der Waals surface area contributed by atoms with Crippen LogP contribution in [0.15, 0.2) is 97.1 Å². The Balaban J connectivity index is 2.00. The van der Waals surface area contributed by atoms with Gasteiger partial charge in [-0.05, 0) is 0 Å². The van der Waals surface area contributed by atoms with Crippen molar-refractivity contribution in [1.29, 1.82) is 0 Å². The van der Waals surface area contributed by atoms with Crippen LogP contribution in [0.5, 0.6) is 0 Å². The van der Waals surface area contributed by atoms with E-state index < -0.39 is 16.6 Å². The third-order valence-corrected chi connectivity index (χ3v) is 14.1. The molecule has 2 aliphatic rings. The van der Waals surface area contributed by atoms with Gasteiger partial charge in [-0.3, -0.25) is 0 Å². The zero-order valence-electron chi connectivity index (χ0n) is 14.9. The third kappa shape index (κ3) is 2.84. The maximum absolute atomic E-state index is 2.76. The Morgan fingerprint density at radius 3 is 1.16 bits per heavy atom. The second-order valence-electron chi connectivity index (χ2n) is 7.19. The monoisotopic (exact) mass is 360 g/mol. The fourth-order valence-electron chi connectivity index (χ4n) is 4.29. The van der Waals surface area contributed by atoms with Gasteiger partial charge in [0, 0.05) is 0 Å². The first-order valence-corrected chi connectivity index (χ1v) is 12.4. The Bertz CT molecular complexity index is 764. The van der Waals surface area contributed by atoms with Gasteiger partial charge >= 0.3 is 155 Å². The molecule has 0 heterocycles. The number of aryl methyl sites for hydroxylation is 2. The average Bonchev–Trinajstić information content (AvgIpc) is 3.33. The summed E-state index contributed by atoms with van der Waals surface area (Å²) in [5.41, 5.74) is 2.66. The fourth-order valence-corrected chi connectivity index (χ4v) is 12.7. The van der Waals surface area contributed by atoms with Gasteiger partial charge in [0.25, 0.3) is 0 Å². The molecule has 0 N–H and O–H groups in total. The molecule has 4 rings (SSSR count). The van der Waals surface area contributed by atoms with Crippen LogP contribution in [0.25, 0.3) is 0 Å². The molecule has 0 spiro atoms. The maximum atomic E-state index is 2.43. The molecule has 2 aromatic carbocycles. The average molecular weight is 360 g/mol. The third-order valence-electron chi connectivity index (χ3n) is 5.61. The van der Waals surface area contributed by atoms with Crippen molar-refractivity contribution in [2.24, 2.45) is 0 Å². The summed E-state index contributed by atoms with van der Waals surface area (Å²) in [5.74, 6) is 0. The van der Waals surface area contributed by atoms with E-state index in [1.807, 2.05) is 0 Å². The molecule has 124 valence electrons. The summed E-state index contributed by atoms with van der Waals surface area (Å²) in [6, 6.07) is 18.7. The molecule has 2 aromatic rings. The summed E-state index contributed by atoms with van der Waals surface area (Å²) in [6.45, 7) is 4.35. The van der Waals surface area contributed by atoms with Crippen LogP contribution in [0, 0.1) is 13.8 Å². The van der Waals surface area contributed by atoms with Gasteiger partial charge in [-0.2, -0.15) is 0 Å². The molecule has 0 atom stereocenters. The first-order valence-electron chi connectivity index (χ1n) is 9.05. The summed E-state index contributed by atoms with van der Waals surface area (Å²) in [5, 5.41) is 0. The standard InChI is InChI=1S/2C7H7.2C5H5.Ti/c2*1-7-5-3-2-4-6-7;2*1-2-4-5-3-1;/h2*3-6H,1H3;2*1-5H;. The zero-order valence-corrected chi connectivity index (χ0v) is 16.5. The number of benzene rings is 2. The van der Waals surface area contributed by atoms with Crippen LogP contribution in [-0.4, -0.2) is 0 Å². The van der Waals surface area contributed by atoms with E-state index in [1.165, 1.54) is 11.1 Å². The summed E-state index contributed by atoms with van der Waals surface area (Å²) in [6.07, 6.45) is 18.6. The van der Waals surface area contributed by atoms with Crippen LogP contribution < -0.4 is 7.74 Å². The van der Waals surface area contributed by atoms with E-state index >= 15 is 0 Å². The van der Waals surface area contributed by atoms with Gasteiger partial charge in [0.1, 0.15) is 0 Å². The van der Waals surface area contributed by atoms with Crippen LogP contribution in [0.3, 0.4) is 0 Å². The van der Waals surface area contributed by atoms with Crippen molar-refractivity contribution in [2.75, 3.05) is 0 Å². The van der Waals surface area contributed by atoms with Gasteiger partial charge in [-0.1, -0.05) is 0 Å². The van der Waals surface area contributed by atoms with Crippen LogP contribution >= 0.6 is 0 Å². The Labute approximate surface area is 154 Å². The van der Waals surface area contributed by atoms with Crippen molar-refractivity contribution >= 4 is 7.74 Å². The molecule has 0 aliphatic heterocycles. The first-order chi connectivity index (χ1) is 12.2. The van der Waals surface area contributed by atoms with Crippen LogP contribution in [0.2, 0.25) is 8.45 Å². The molecule has 0 amide bonds. The number of rotatable bonds is 4. The second-order valence-corrected chi connectivity index (χ2v) is 13.8. The molecule has 0 bridgehead atoms. The van der Waals surface area contributed by atoms with Crippen molar-refractivity contribution in [3.05, 3.63) is 108 Å². The van der Waals surface area contributed by atoms with Crippen molar-refractivity contribution in [3.63, 3.8) is 0 Å². The minimum atomic E-state index is -2.76. The van der Waals surface area contributed by atoms with Crippen LogP contribution in [0.4, 0.5) is 0 Å². The van der Waals surface area contributed by atoms with E-state index in [0.717, 1.165) is 0 Å². The summed E-state index contributed by atoms with van der Waals surface area (Å²) >= 11 is -2.76. The Kier molecular flexibility index (Phi) is 4.50. The van der Waals surface area contributed by atoms with Gasteiger partial charge in [-0.25, -0.2) is 0 Å².